The van der Waals surface area contributed by atoms with Gasteiger partial charge in [-0.15, -0.1) is 0 Å². The highest BCUT2D eigenvalue weighted by Crippen LogP contribution is 2.14. The second-order valence-corrected chi connectivity index (χ2v) is 4.37. The van der Waals surface area contributed by atoms with Gasteiger partial charge in [-0.25, -0.2) is 4.98 Å². The minimum Gasteiger partial charge on any atom is -0.444 e. The summed E-state index contributed by atoms with van der Waals surface area (Å²) in [5.41, 5.74) is 1.20. The van der Waals surface area contributed by atoms with E-state index in [2.05, 4.69) is 29.4 Å². The van der Waals surface area contributed by atoms with E-state index >= 15 is 0 Å². The molecule has 102 valence electrons. The second kappa shape index (κ2) is 7.07. The van der Waals surface area contributed by atoms with Crippen molar-refractivity contribution >= 4 is 0 Å². The Hall–Kier alpha value is -1.65. The minimum absolute atomic E-state index is 0.142. The van der Waals surface area contributed by atoms with E-state index < -0.39 is 0 Å². The standard InChI is InChI=1S/C15H20N2O2/c1-3-13-9-17-15(19-13)10-16-14(11-18-2)12-7-5-4-6-8-12/h4-9,14,16H,3,10-11H2,1-2H3. The molecule has 0 aliphatic carbocycles. The first-order valence-corrected chi connectivity index (χ1v) is 6.54. The molecule has 0 aliphatic rings. The molecule has 19 heavy (non-hydrogen) atoms. The van der Waals surface area contributed by atoms with E-state index in [1.165, 1.54) is 5.56 Å². The molecule has 0 saturated heterocycles. The molecule has 4 nitrogen and oxygen atoms in total. The Kier molecular flexibility index (Phi) is 5.12. The summed E-state index contributed by atoms with van der Waals surface area (Å²) in [7, 11) is 1.71. The number of hydrogen-bond donors (Lipinski definition) is 1. The van der Waals surface area contributed by atoms with Crippen LogP contribution in [0, 0.1) is 0 Å². The van der Waals surface area contributed by atoms with Crippen LogP contribution in [0.15, 0.2) is 40.9 Å². The van der Waals surface area contributed by atoms with Gasteiger partial charge in [-0.05, 0) is 5.56 Å². The predicted octanol–water partition coefficient (Wildman–Crippen LogP) is 2.71. The van der Waals surface area contributed by atoms with E-state index in [0.717, 1.165) is 12.2 Å². The summed E-state index contributed by atoms with van der Waals surface area (Å²) in [4.78, 5) is 4.24. The maximum absolute atomic E-state index is 5.58. The summed E-state index contributed by atoms with van der Waals surface area (Å²) in [5, 5.41) is 3.41. The van der Waals surface area contributed by atoms with Crippen molar-refractivity contribution in [1.82, 2.24) is 10.3 Å². The van der Waals surface area contributed by atoms with Crippen molar-refractivity contribution in [1.29, 1.82) is 0 Å². The molecule has 0 saturated carbocycles. The van der Waals surface area contributed by atoms with Gasteiger partial charge in [0.15, 0.2) is 0 Å². The number of ether oxygens (including phenoxy) is 1. The lowest BCUT2D eigenvalue weighted by Gasteiger charge is -2.17. The van der Waals surface area contributed by atoms with Crippen LogP contribution in [0.3, 0.4) is 0 Å². The fourth-order valence-electron chi connectivity index (χ4n) is 1.93. The van der Waals surface area contributed by atoms with Gasteiger partial charge in [0, 0.05) is 13.5 Å². The highest BCUT2D eigenvalue weighted by Gasteiger charge is 2.11. The molecule has 1 aromatic heterocycles. The molecule has 1 heterocycles. The Morgan fingerprint density at radius 2 is 2.11 bits per heavy atom. The van der Waals surface area contributed by atoms with Crippen molar-refractivity contribution in [2.45, 2.75) is 25.9 Å². The van der Waals surface area contributed by atoms with Crippen LogP contribution in [0.1, 0.15) is 30.2 Å². The molecular weight excluding hydrogens is 240 g/mol. The summed E-state index contributed by atoms with van der Waals surface area (Å²) in [6.45, 7) is 3.27. The molecule has 1 aromatic carbocycles. The van der Waals surface area contributed by atoms with Gasteiger partial charge in [-0.2, -0.15) is 0 Å². The normalized spacial score (nSPS) is 12.5. The van der Waals surface area contributed by atoms with Crippen LogP contribution < -0.4 is 5.32 Å². The van der Waals surface area contributed by atoms with Crippen molar-refractivity contribution in [3.05, 3.63) is 53.7 Å². The van der Waals surface area contributed by atoms with Gasteiger partial charge in [0.25, 0.3) is 0 Å². The lowest BCUT2D eigenvalue weighted by Crippen LogP contribution is -2.24. The van der Waals surface area contributed by atoms with Gasteiger partial charge in [0.1, 0.15) is 5.76 Å². The molecule has 0 amide bonds. The summed E-state index contributed by atoms with van der Waals surface area (Å²) >= 11 is 0. The molecule has 1 N–H and O–H groups in total. The minimum atomic E-state index is 0.142. The number of rotatable bonds is 7. The van der Waals surface area contributed by atoms with E-state index in [-0.39, 0.29) is 6.04 Å². The first-order chi connectivity index (χ1) is 9.33. The average molecular weight is 260 g/mol. The van der Waals surface area contributed by atoms with Crippen LogP contribution in [0.5, 0.6) is 0 Å². The van der Waals surface area contributed by atoms with E-state index in [1.807, 2.05) is 18.2 Å². The number of methoxy groups -OCH3 is 1. The number of aromatic nitrogens is 1. The smallest absolute Gasteiger partial charge is 0.208 e. The molecule has 2 rings (SSSR count). The third-order valence-corrected chi connectivity index (χ3v) is 2.98. The zero-order chi connectivity index (χ0) is 13.5. The molecule has 2 aromatic rings. The topological polar surface area (TPSA) is 47.3 Å². The van der Waals surface area contributed by atoms with Gasteiger partial charge in [-0.1, -0.05) is 37.3 Å². The third kappa shape index (κ3) is 3.91. The Bertz CT molecular complexity index is 482. The zero-order valence-corrected chi connectivity index (χ0v) is 11.4. The van der Waals surface area contributed by atoms with Crippen molar-refractivity contribution in [3.8, 4) is 0 Å². The van der Waals surface area contributed by atoms with Crippen LogP contribution in [0.4, 0.5) is 0 Å². The van der Waals surface area contributed by atoms with Gasteiger partial charge in [0.05, 0.1) is 25.4 Å². The van der Waals surface area contributed by atoms with Crippen LogP contribution >= 0.6 is 0 Å². The SMILES string of the molecule is CCc1cnc(CNC(COC)c2ccccc2)o1. The number of nitrogens with one attached hydrogen (secondary N) is 1. The van der Waals surface area contributed by atoms with Crippen molar-refractivity contribution < 1.29 is 9.15 Å². The Morgan fingerprint density at radius 3 is 2.74 bits per heavy atom. The van der Waals surface area contributed by atoms with E-state index in [4.69, 9.17) is 9.15 Å². The third-order valence-electron chi connectivity index (χ3n) is 2.98. The summed E-state index contributed by atoms with van der Waals surface area (Å²) in [6.07, 6.45) is 2.65. The molecule has 0 bridgehead atoms. The van der Waals surface area contributed by atoms with E-state index in [1.54, 1.807) is 13.3 Å². The number of benzene rings is 1. The lowest BCUT2D eigenvalue weighted by molar-refractivity contribution is 0.164. The molecule has 1 atom stereocenters. The first-order valence-electron chi connectivity index (χ1n) is 6.54. The van der Waals surface area contributed by atoms with Gasteiger partial charge < -0.3 is 9.15 Å². The molecule has 1 unspecified atom stereocenters. The van der Waals surface area contributed by atoms with E-state index in [0.29, 0.717) is 19.0 Å². The van der Waals surface area contributed by atoms with Crippen LogP contribution in [-0.2, 0) is 17.7 Å². The molecular formula is C15H20N2O2. The van der Waals surface area contributed by atoms with Crippen molar-refractivity contribution in [3.63, 3.8) is 0 Å². The highest BCUT2D eigenvalue weighted by molar-refractivity contribution is 5.19. The number of oxazole rings is 1. The first kappa shape index (κ1) is 13.8. The summed E-state index contributed by atoms with van der Waals surface area (Å²) in [5.74, 6) is 1.63. The quantitative estimate of drug-likeness (QED) is 0.831. The highest BCUT2D eigenvalue weighted by atomic mass is 16.5. The van der Waals surface area contributed by atoms with E-state index in [9.17, 15) is 0 Å². The van der Waals surface area contributed by atoms with Crippen molar-refractivity contribution in [2.75, 3.05) is 13.7 Å². The molecule has 4 heteroatoms. The van der Waals surface area contributed by atoms with Gasteiger partial charge in [-0.3, -0.25) is 5.32 Å². The van der Waals surface area contributed by atoms with Gasteiger partial charge >= 0.3 is 0 Å². The fourth-order valence-corrected chi connectivity index (χ4v) is 1.93. The monoisotopic (exact) mass is 260 g/mol. The number of hydrogen-bond acceptors (Lipinski definition) is 4. The summed E-state index contributed by atoms with van der Waals surface area (Å²) < 4.78 is 10.8. The summed E-state index contributed by atoms with van der Waals surface area (Å²) in [6, 6.07) is 10.4. The number of aryl methyl sites for hydroxylation is 1. The van der Waals surface area contributed by atoms with Crippen molar-refractivity contribution in [2.24, 2.45) is 0 Å². The Balaban J connectivity index is 1.97. The molecule has 0 fully saturated rings. The molecule has 0 spiro atoms. The largest absolute Gasteiger partial charge is 0.444 e. The maximum Gasteiger partial charge on any atom is 0.208 e. The Morgan fingerprint density at radius 1 is 1.32 bits per heavy atom. The maximum atomic E-state index is 5.58. The molecule has 0 radical (unpaired) electrons. The van der Waals surface area contributed by atoms with Crippen LogP contribution in [0.2, 0.25) is 0 Å². The number of nitrogens with zero attached hydrogens (tertiary/aromatic N) is 1. The van der Waals surface area contributed by atoms with Crippen LogP contribution in [0.25, 0.3) is 0 Å². The Labute approximate surface area is 113 Å². The lowest BCUT2D eigenvalue weighted by atomic mass is 10.1. The fraction of sp³-hybridized carbons (Fsp3) is 0.400. The average Bonchev–Trinajstić information content (AvgIpc) is 2.92. The molecule has 0 aliphatic heterocycles. The van der Waals surface area contributed by atoms with Gasteiger partial charge in [0.2, 0.25) is 5.89 Å². The predicted molar refractivity (Wildman–Crippen MR) is 73.8 cm³/mol. The second-order valence-electron chi connectivity index (χ2n) is 4.37. The zero-order valence-electron chi connectivity index (χ0n) is 11.4. The van der Waals surface area contributed by atoms with Crippen LogP contribution in [-0.4, -0.2) is 18.7 Å².